The van der Waals surface area contributed by atoms with Crippen LogP contribution >= 0.6 is 11.8 Å². The summed E-state index contributed by atoms with van der Waals surface area (Å²) in [5.74, 6) is 1.44. The van der Waals surface area contributed by atoms with E-state index in [0.717, 1.165) is 0 Å². The zero-order valence-electron chi connectivity index (χ0n) is 7.08. The number of aromatic nitrogens is 4. The van der Waals surface area contributed by atoms with Gasteiger partial charge in [-0.1, -0.05) is 16.9 Å². The molecule has 2 rings (SSSR count). The number of hydrogen-bond acceptors (Lipinski definition) is 8. The van der Waals surface area contributed by atoms with E-state index in [9.17, 15) is 0 Å². The zero-order chi connectivity index (χ0) is 9.80. The molecule has 7 nitrogen and oxygen atoms in total. The Balaban J connectivity index is 1.92. The van der Waals surface area contributed by atoms with Crippen molar-refractivity contribution in [3.8, 4) is 0 Å². The molecule has 0 fully saturated rings. The maximum absolute atomic E-state index is 5.31. The van der Waals surface area contributed by atoms with Gasteiger partial charge >= 0.3 is 0 Å². The van der Waals surface area contributed by atoms with Gasteiger partial charge in [-0.3, -0.25) is 0 Å². The lowest BCUT2D eigenvalue weighted by atomic mass is 10.7. The van der Waals surface area contributed by atoms with E-state index >= 15 is 0 Å². The third-order valence-electron chi connectivity index (χ3n) is 1.35. The van der Waals surface area contributed by atoms with E-state index in [0.29, 0.717) is 22.8 Å². The van der Waals surface area contributed by atoms with Crippen LogP contribution in [0.5, 0.6) is 0 Å². The van der Waals surface area contributed by atoms with Crippen LogP contribution in [0, 0.1) is 0 Å². The van der Waals surface area contributed by atoms with E-state index < -0.39 is 0 Å². The molecule has 74 valence electrons. The van der Waals surface area contributed by atoms with Crippen molar-refractivity contribution >= 4 is 11.8 Å². The van der Waals surface area contributed by atoms with Gasteiger partial charge in [0.15, 0.2) is 6.33 Å². The molecule has 0 saturated heterocycles. The van der Waals surface area contributed by atoms with Crippen molar-refractivity contribution in [1.29, 1.82) is 0 Å². The Morgan fingerprint density at radius 2 is 2.29 bits per heavy atom. The first-order chi connectivity index (χ1) is 6.88. The molecule has 0 radical (unpaired) electrons. The molecule has 0 aliphatic heterocycles. The quantitative estimate of drug-likeness (QED) is 0.718. The van der Waals surface area contributed by atoms with E-state index in [1.165, 1.54) is 18.1 Å². The third-order valence-corrected chi connectivity index (χ3v) is 2.15. The Hall–Kier alpha value is -1.41. The fourth-order valence-corrected chi connectivity index (χ4v) is 1.39. The van der Waals surface area contributed by atoms with E-state index in [4.69, 9.17) is 14.7 Å². The van der Waals surface area contributed by atoms with Gasteiger partial charge in [0, 0.05) is 0 Å². The van der Waals surface area contributed by atoms with Gasteiger partial charge in [-0.2, -0.15) is 4.98 Å². The van der Waals surface area contributed by atoms with Gasteiger partial charge in [-0.15, -0.1) is 10.2 Å². The zero-order valence-corrected chi connectivity index (χ0v) is 7.90. The molecule has 0 bridgehead atoms. The highest BCUT2D eigenvalue weighted by atomic mass is 32.2. The van der Waals surface area contributed by atoms with Crippen LogP contribution in [0.15, 0.2) is 20.5 Å². The Labute approximate surface area is 83.1 Å². The average molecular weight is 213 g/mol. The summed E-state index contributed by atoms with van der Waals surface area (Å²) in [5, 5.41) is 11.4. The molecular weight excluding hydrogens is 206 g/mol. The molecule has 0 spiro atoms. The van der Waals surface area contributed by atoms with Gasteiger partial charge in [0.25, 0.3) is 5.22 Å². The minimum atomic E-state index is 0.244. The number of rotatable bonds is 4. The van der Waals surface area contributed by atoms with Crippen molar-refractivity contribution in [2.24, 2.45) is 5.73 Å². The second-order valence-corrected chi connectivity index (χ2v) is 3.22. The summed E-state index contributed by atoms with van der Waals surface area (Å²) in [7, 11) is 0. The first kappa shape index (κ1) is 9.16. The van der Waals surface area contributed by atoms with Crippen molar-refractivity contribution in [3.05, 3.63) is 18.1 Å². The average Bonchev–Trinajstić information content (AvgIpc) is 2.86. The molecule has 0 aliphatic carbocycles. The van der Waals surface area contributed by atoms with Gasteiger partial charge in [-0.05, 0) is 0 Å². The summed E-state index contributed by atoms with van der Waals surface area (Å²) in [6, 6.07) is 0. The first-order valence-corrected chi connectivity index (χ1v) is 4.78. The molecule has 0 aromatic carbocycles. The summed E-state index contributed by atoms with van der Waals surface area (Å²) in [6.07, 6.45) is 1.34. The lowest BCUT2D eigenvalue weighted by Gasteiger charge is -1.88. The second kappa shape index (κ2) is 4.20. The van der Waals surface area contributed by atoms with Crippen LogP contribution in [-0.4, -0.2) is 20.3 Å². The molecule has 0 atom stereocenters. The van der Waals surface area contributed by atoms with Gasteiger partial charge in [0.05, 0.1) is 12.3 Å². The SMILES string of the molecule is NCc1nnc(SCc2ncno2)o1. The van der Waals surface area contributed by atoms with Crippen LogP contribution in [-0.2, 0) is 12.3 Å². The minimum Gasteiger partial charge on any atom is -0.415 e. The number of hydrogen-bond donors (Lipinski definition) is 1. The second-order valence-electron chi connectivity index (χ2n) is 2.29. The summed E-state index contributed by atoms with van der Waals surface area (Å²) < 4.78 is 9.95. The minimum absolute atomic E-state index is 0.244. The highest BCUT2D eigenvalue weighted by molar-refractivity contribution is 7.98. The molecule has 0 aliphatic rings. The Morgan fingerprint density at radius 3 is 2.93 bits per heavy atom. The van der Waals surface area contributed by atoms with Crippen molar-refractivity contribution < 1.29 is 8.94 Å². The van der Waals surface area contributed by atoms with Crippen LogP contribution in [0.3, 0.4) is 0 Å². The predicted molar refractivity (Wildman–Crippen MR) is 46.0 cm³/mol. The number of nitrogens with two attached hydrogens (primary N) is 1. The maximum atomic E-state index is 5.31. The van der Waals surface area contributed by atoms with Crippen molar-refractivity contribution in [3.63, 3.8) is 0 Å². The Kier molecular flexibility index (Phi) is 2.75. The largest absolute Gasteiger partial charge is 0.415 e. The van der Waals surface area contributed by atoms with E-state index in [1.807, 2.05) is 0 Å². The molecule has 2 aromatic rings. The normalized spacial score (nSPS) is 10.6. The van der Waals surface area contributed by atoms with Crippen LogP contribution in [0.1, 0.15) is 11.8 Å². The molecule has 2 aromatic heterocycles. The van der Waals surface area contributed by atoms with Crippen molar-refractivity contribution in [2.45, 2.75) is 17.5 Å². The van der Waals surface area contributed by atoms with Crippen molar-refractivity contribution in [1.82, 2.24) is 20.3 Å². The monoisotopic (exact) mass is 213 g/mol. The van der Waals surface area contributed by atoms with Gasteiger partial charge in [-0.25, -0.2) is 0 Å². The first-order valence-electron chi connectivity index (χ1n) is 3.79. The lowest BCUT2D eigenvalue weighted by molar-refractivity contribution is 0.388. The summed E-state index contributed by atoms with van der Waals surface area (Å²) in [6.45, 7) is 0.244. The Bertz CT molecular complexity index is 387. The van der Waals surface area contributed by atoms with Gasteiger partial charge in [0.1, 0.15) is 0 Å². The molecule has 0 saturated carbocycles. The van der Waals surface area contributed by atoms with Crippen LogP contribution < -0.4 is 5.73 Å². The van der Waals surface area contributed by atoms with Crippen molar-refractivity contribution in [2.75, 3.05) is 0 Å². The molecule has 8 heteroatoms. The van der Waals surface area contributed by atoms with Crippen LogP contribution in [0.25, 0.3) is 0 Å². The smallest absolute Gasteiger partial charge is 0.277 e. The fourth-order valence-electron chi connectivity index (χ4n) is 0.762. The predicted octanol–water partition coefficient (Wildman–Crippen LogP) is 0.204. The molecule has 2 N–H and O–H groups in total. The maximum Gasteiger partial charge on any atom is 0.277 e. The van der Waals surface area contributed by atoms with Crippen LogP contribution in [0.4, 0.5) is 0 Å². The van der Waals surface area contributed by atoms with E-state index in [-0.39, 0.29) is 6.54 Å². The standard InChI is InChI=1S/C6H7N5O2S/c7-1-4-10-11-6(12-4)14-2-5-8-3-9-13-5/h3H,1-2,7H2. The molecule has 0 amide bonds. The molecule has 0 unspecified atom stereocenters. The number of nitrogens with zero attached hydrogens (tertiary/aromatic N) is 4. The van der Waals surface area contributed by atoms with Crippen LogP contribution in [0.2, 0.25) is 0 Å². The molecule has 14 heavy (non-hydrogen) atoms. The highest BCUT2D eigenvalue weighted by Crippen LogP contribution is 2.19. The fraction of sp³-hybridized carbons (Fsp3) is 0.333. The van der Waals surface area contributed by atoms with Gasteiger partial charge < -0.3 is 14.7 Å². The third kappa shape index (κ3) is 2.09. The summed E-state index contributed by atoms with van der Waals surface area (Å²) in [4.78, 5) is 3.85. The molecule has 2 heterocycles. The van der Waals surface area contributed by atoms with E-state index in [1.54, 1.807) is 0 Å². The topological polar surface area (TPSA) is 104 Å². The highest BCUT2D eigenvalue weighted by Gasteiger charge is 2.07. The Morgan fingerprint density at radius 1 is 1.36 bits per heavy atom. The lowest BCUT2D eigenvalue weighted by Crippen LogP contribution is -1.95. The number of thioether (sulfide) groups is 1. The summed E-state index contributed by atoms with van der Waals surface area (Å²) in [5.41, 5.74) is 5.31. The molecular formula is C6H7N5O2S. The van der Waals surface area contributed by atoms with Gasteiger partial charge in [0.2, 0.25) is 11.8 Å². The van der Waals surface area contributed by atoms with E-state index in [2.05, 4.69) is 20.3 Å². The summed E-state index contributed by atoms with van der Waals surface area (Å²) >= 11 is 1.32.